The van der Waals surface area contributed by atoms with E-state index in [0.717, 1.165) is 11.4 Å². The number of anilines is 2. The van der Waals surface area contributed by atoms with Crippen LogP contribution in [0.4, 0.5) is 11.4 Å². The van der Waals surface area contributed by atoms with Crippen LogP contribution in [0.5, 0.6) is 5.75 Å². The fourth-order valence-electron chi connectivity index (χ4n) is 2.65. The summed E-state index contributed by atoms with van der Waals surface area (Å²) < 4.78 is 28.2. The van der Waals surface area contributed by atoms with Crippen LogP contribution in [0.1, 0.15) is 6.42 Å². The molecule has 0 aromatic heterocycles. The van der Waals surface area contributed by atoms with E-state index < -0.39 is 9.84 Å². The maximum Gasteiger partial charge on any atom is 0.258 e. The summed E-state index contributed by atoms with van der Waals surface area (Å²) in [6, 6.07) is 16.8. The van der Waals surface area contributed by atoms with E-state index in [1.165, 1.54) is 0 Å². The second-order valence-electron chi connectivity index (χ2n) is 5.97. The Labute approximate surface area is 147 Å². The van der Waals surface area contributed by atoms with Crippen LogP contribution in [0.25, 0.3) is 0 Å². The molecule has 1 saturated heterocycles. The zero-order chi connectivity index (χ0) is 17.7. The van der Waals surface area contributed by atoms with Crippen molar-refractivity contribution in [1.29, 1.82) is 0 Å². The third-order valence-electron chi connectivity index (χ3n) is 3.88. The van der Waals surface area contributed by atoms with E-state index in [-0.39, 0.29) is 30.1 Å². The van der Waals surface area contributed by atoms with Crippen molar-refractivity contribution in [2.75, 3.05) is 23.4 Å². The molecule has 2 aromatic carbocycles. The number of para-hydroxylation sites is 1. The van der Waals surface area contributed by atoms with E-state index in [0.29, 0.717) is 12.2 Å². The number of hydrogen-bond acceptors (Lipinski definition) is 5. The Morgan fingerprint density at radius 2 is 1.72 bits per heavy atom. The number of carbonyl (C=O) groups excluding carboxylic acids is 1. The molecule has 1 aliphatic heterocycles. The van der Waals surface area contributed by atoms with Crippen molar-refractivity contribution in [3.05, 3.63) is 54.6 Å². The molecule has 0 spiro atoms. The lowest BCUT2D eigenvalue weighted by atomic mass is 10.2. The largest absolute Gasteiger partial charge is 0.484 e. The summed E-state index contributed by atoms with van der Waals surface area (Å²) in [7, 11) is -3.00. The van der Waals surface area contributed by atoms with Crippen LogP contribution in [0, 0.1) is 0 Å². The monoisotopic (exact) mass is 360 g/mol. The average molecular weight is 360 g/mol. The van der Waals surface area contributed by atoms with Gasteiger partial charge in [0.1, 0.15) is 5.75 Å². The van der Waals surface area contributed by atoms with Crippen LogP contribution in [-0.2, 0) is 14.6 Å². The standard InChI is InChI=1S/C18H20N2O4S/c21-18(20-16-10-11-25(22,23)13-16)12-24-17-8-6-15(7-9-17)19-14-4-2-1-3-5-14/h1-9,16,19H,10-13H2,(H,20,21). The van der Waals surface area contributed by atoms with Crippen molar-refractivity contribution >= 4 is 27.1 Å². The highest BCUT2D eigenvalue weighted by Gasteiger charge is 2.28. The lowest BCUT2D eigenvalue weighted by Gasteiger charge is -2.12. The minimum Gasteiger partial charge on any atom is -0.484 e. The molecule has 0 saturated carbocycles. The Hall–Kier alpha value is -2.54. The molecule has 6 nitrogen and oxygen atoms in total. The van der Waals surface area contributed by atoms with Crippen LogP contribution >= 0.6 is 0 Å². The third-order valence-corrected chi connectivity index (χ3v) is 5.65. The lowest BCUT2D eigenvalue weighted by molar-refractivity contribution is -0.123. The number of hydrogen-bond donors (Lipinski definition) is 2. The summed E-state index contributed by atoms with van der Waals surface area (Å²) in [5.74, 6) is 0.411. The van der Waals surface area contributed by atoms with Crippen LogP contribution in [-0.4, -0.2) is 38.5 Å². The van der Waals surface area contributed by atoms with E-state index in [2.05, 4.69) is 10.6 Å². The SMILES string of the molecule is O=C(COc1ccc(Nc2ccccc2)cc1)NC1CCS(=O)(=O)C1. The van der Waals surface area contributed by atoms with Crippen LogP contribution < -0.4 is 15.4 Å². The first-order chi connectivity index (χ1) is 12.0. The first-order valence-electron chi connectivity index (χ1n) is 8.05. The zero-order valence-electron chi connectivity index (χ0n) is 13.6. The fraction of sp³-hybridized carbons (Fsp3) is 0.278. The molecule has 1 aliphatic rings. The molecular weight excluding hydrogens is 340 g/mol. The molecule has 2 N–H and O–H groups in total. The summed E-state index contributed by atoms with van der Waals surface area (Å²) in [5.41, 5.74) is 1.90. The topological polar surface area (TPSA) is 84.5 Å². The van der Waals surface area contributed by atoms with Gasteiger partial charge in [-0.2, -0.15) is 0 Å². The van der Waals surface area contributed by atoms with Gasteiger partial charge in [0.25, 0.3) is 5.91 Å². The van der Waals surface area contributed by atoms with Crippen LogP contribution in [0.3, 0.4) is 0 Å². The fourth-order valence-corrected chi connectivity index (χ4v) is 4.32. The van der Waals surface area contributed by atoms with Crippen molar-refractivity contribution in [2.45, 2.75) is 12.5 Å². The number of amides is 1. The van der Waals surface area contributed by atoms with Crippen LogP contribution in [0.2, 0.25) is 0 Å². The van der Waals surface area contributed by atoms with Gasteiger partial charge in [-0.15, -0.1) is 0 Å². The molecule has 1 fully saturated rings. The Morgan fingerprint density at radius 1 is 1.04 bits per heavy atom. The highest BCUT2D eigenvalue weighted by atomic mass is 32.2. The summed E-state index contributed by atoms with van der Waals surface area (Å²) in [4.78, 5) is 11.8. The Balaban J connectivity index is 1.46. The smallest absolute Gasteiger partial charge is 0.258 e. The summed E-state index contributed by atoms with van der Waals surface area (Å²) in [5, 5.41) is 5.95. The Kier molecular flexibility index (Phi) is 5.23. The lowest BCUT2D eigenvalue weighted by Crippen LogP contribution is -2.38. The first kappa shape index (κ1) is 17.3. The molecule has 25 heavy (non-hydrogen) atoms. The van der Waals surface area contributed by atoms with Gasteiger partial charge in [0, 0.05) is 17.4 Å². The van der Waals surface area contributed by atoms with Gasteiger partial charge in [-0.25, -0.2) is 8.42 Å². The summed E-state index contributed by atoms with van der Waals surface area (Å²) in [6.45, 7) is -0.137. The van der Waals surface area contributed by atoms with Gasteiger partial charge >= 0.3 is 0 Å². The number of ether oxygens (including phenoxy) is 1. The molecule has 2 aromatic rings. The maximum atomic E-state index is 11.8. The molecule has 0 aliphatic carbocycles. The van der Waals surface area contributed by atoms with Gasteiger partial charge in [-0.05, 0) is 42.8 Å². The summed E-state index contributed by atoms with van der Waals surface area (Å²) in [6.07, 6.45) is 0.466. The first-order valence-corrected chi connectivity index (χ1v) is 9.87. The van der Waals surface area contributed by atoms with Gasteiger partial charge in [0.05, 0.1) is 11.5 Å². The Bertz CT molecular complexity index is 820. The van der Waals surface area contributed by atoms with Crippen molar-refractivity contribution in [1.82, 2.24) is 5.32 Å². The molecule has 1 atom stereocenters. The number of nitrogens with one attached hydrogen (secondary N) is 2. The van der Waals surface area contributed by atoms with Crippen molar-refractivity contribution in [3.63, 3.8) is 0 Å². The van der Waals surface area contributed by atoms with E-state index in [9.17, 15) is 13.2 Å². The minimum atomic E-state index is -3.00. The second kappa shape index (κ2) is 7.57. The third kappa shape index (κ3) is 5.22. The molecule has 0 bridgehead atoms. The predicted octanol–water partition coefficient (Wildman–Crippen LogP) is 2.11. The van der Waals surface area contributed by atoms with Gasteiger partial charge < -0.3 is 15.4 Å². The number of sulfone groups is 1. The second-order valence-corrected chi connectivity index (χ2v) is 8.20. The van der Waals surface area contributed by atoms with E-state index in [1.807, 2.05) is 42.5 Å². The average Bonchev–Trinajstić information content (AvgIpc) is 2.94. The van der Waals surface area contributed by atoms with Crippen LogP contribution in [0.15, 0.2) is 54.6 Å². The quantitative estimate of drug-likeness (QED) is 0.824. The predicted molar refractivity (Wildman–Crippen MR) is 96.9 cm³/mol. The summed E-state index contributed by atoms with van der Waals surface area (Å²) >= 11 is 0. The molecule has 0 radical (unpaired) electrons. The molecule has 1 unspecified atom stereocenters. The van der Waals surface area contributed by atoms with Gasteiger partial charge in [-0.1, -0.05) is 18.2 Å². The van der Waals surface area contributed by atoms with Crippen molar-refractivity contribution in [2.24, 2.45) is 0 Å². The highest BCUT2D eigenvalue weighted by Crippen LogP contribution is 2.19. The van der Waals surface area contributed by atoms with Gasteiger partial charge in [-0.3, -0.25) is 4.79 Å². The molecule has 7 heteroatoms. The van der Waals surface area contributed by atoms with E-state index in [1.54, 1.807) is 12.1 Å². The zero-order valence-corrected chi connectivity index (χ0v) is 14.5. The molecular formula is C18H20N2O4S. The van der Waals surface area contributed by atoms with E-state index in [4.69, 9.17) is 4.74 Å². The number of benzene rings is 2. The number of carbonyl (C=O) groups is 1. The van der Waals surface area contributed by atoms with Crippen molar-refractivity contribution < 1.29 is 17.9 Å². The normalized spacial score (nSPS) is 18.5. The van der Waals surface area contributed by atoms with Gasteiger partial charge in [0.2, 0.25) is 0 Å². The van der Waals surface area contributed by atoms with Gasteiger partial charge in [0.15, 0.2) is 16.4 Å². The molecule has 3 rings (SSSR count). The molecule has 1 amide bonds. The molecule has 1 heterocycles. The van der Waals surface area contributed by atoms with E-state index >= 15 is 0 Å². The highest BCUT2D eigenvalue weighted by molar-refractivity contribution is 7.91. The Morgan fingerprint density at radius 3 is 2.36 bits per heavy atom. The minimum absolute atomic E-state index is 0.0125. The molecule has 132 valence electrons. The van der Waals surface area contributed by atoms with Crippen molar-refractivity contribution in [3.8, 4) is 5.75 Å². The number of rotatable bonds is 6. The maximum absolute atomic E-state index is 11.8.